The highest BCUT2D eigenvalue weighted by Crippen LogP contribution is 2.21. The molecule has 0 saturated carbocycles. The van der Waals surface area contributed by atoms with Gasteiger partial charge < -0.3 is 4.74 Å². The van der Waals surface area contributed by atoms with E-state index in [1.54, 1.807) is 13.8 Å². The minimum absolute atomic E-state index is 0.0996. The van der Waals surface area contributed by atoms with Gasteiger partial charge in [-0.05, 0) is 5.92 Å². The lowest BCUT2D eigenvalue weighted by atomic mass is 10.0. The zero-order chi connectivity index (χ0) is 10.9. The SMILES string of the molecule is CC(C)[C@H]1COC(=O)N1C(=O)[C@H](C)[13CH3]. The highest BCUT2D eigenvalue weighted by Gasteiger charge is 2.40. The van der Waals surface area contributed by atoms with Crippen LogP contribution in [-0.4, -0.2) is 29.5 Å². The molecule has 0 aromatic carbocycles. The van der Waals surface area contributed by atoms with E-state index in [9.17, 15) is 9.59 Å². The number of cyclic esters (lactones) is 1. The number of imide groups is 1. The molecule has 4 heteroatoms. The Morgan fingerprint density at radius 3 is 2.43 bits per heavy atom. The standard InChI is InChI=1S/C10H17NO3/c1-6(2)8-5-14-10(13)11(8)9(12)7(3)4/h6-8H,5H2,1-4H3/t8-/m1/s1/i3+1/t7-,8+/m0. The Bertz CT molecular complexity index is 248. The summed E-state index contributed by atoms with van der Waals surface area (Å²) in [4.78, 5) is 24.3. The molecule has 2 amide bonds. The maximum atomic E-state index is 11.7. The number of ether oxygens (including phenoxy) is 1. The maximum absolute atomic E-state index is 11.7. The molecule has 1 fully saturated rings. The second kappa shape index (κ2) is 3.98. The first-order chi connectivity index (χ1) is 6.45. The average molecular weight is 200 g/mol. The molecule has 0 bridgehead atoms. The number of nitrogens with zero attached hydrogens (tertiary/aromatic N) is 1. The lowest BCUT2D eigenvalue weighted by Gasteiger charge is -2.23. The van der Waals surface area contributed by atoms with Crippen LogP contribution in [0, 0.1) is 11.8 Å². The summed E-state index contributed by atoms with van der Waals surface area (Å²) in [6.07, 6.45) is -0.498. The van der Waals surface area contributed by atoms with Crippen molar-refractivity contribution in [3.63, 3.8) is 0 Å². The van der Waals surface area contributed by atoms with Crippen molar-refractivity contribution >= 4 is 12.0 Å². The number of hydrogen-bond donors (Lipinski definition) is 0. The van der Waals surface area contributed by atoms with Crippen LogP contribution in [0.15, 0.2) is 0 Å². The van der Waals surface area contributed by atoms with E-state index >= 15 is 0 Å². The fourth-order valence-corrected chi connectivity index (χ4v) is 1.46. The van der Waals surface area contributed by atoms with Crippen LogP contribution in [0.2, 0.25) is 0 Å². The van der Waals surface area contributed by atoms with Gasteiger partial charge in [-0.3, -0.25) is 4.79 Å². The molecule has 1 aliphatic heterocycles. The number of amides is 2. The summed E-state index contributed by atoms with van der Waals surface area (Å²) in [6, 6.07) is -0.0996. The van der Waals surface area contributed by atoms with Gasteiger partial charge in [-0.1, -0.05) is 27.7 Å². The first kappa shape index (κ1) is 11.0. The van der Waals surface area contributed by atoms with Crippen molar-refractivity contribution in [3.05, 3.63) is 0 Å². The van der Waals surface area contributed by atoms with Crippen LogP contribution < -0.4 is 0 Å². The van der Waals surface area contributed by atoms with Gasteiger partial charge in [0.2, 0.25) is 5.91 Å². The molecule has 14 heavy (non-hydrogen) atoms. The van der Waals surface area contributed by atoms with Gasteiger partial charge in [0.05, 0.1) is 6.04 Å². The summed E-state index contributed by atoms with van der Waals surface area (Å²) < 4.78 is 4.88. The molecule has 1 saturated heterocycles. The van der Waals surface area contributed by atoms with Crippen molar-refractivity contribution in [1.82, 2.24) is 4.90 Å². The van der Waals surface area contributed by atoms with Gasteiger partial charge in [-0.15, -0.1) is 0 Å². The van der Waals surface area contributed by atoms with Crippen LogP contribution >= 0.6 is 0 Å². The molecule has 0 N–H and O–H groups in total. The summed E-state index contributed by atoms with van der Waals surface area (Å²) in [7, 11) is 0. The van der Waals surface area contributed by atoms with Crippen LogP contribution in [0.1, 0.15) is 27.7 Å². The molecule has 0 spiro atoms. The number of carbonyl (C=O) groups is 2. The van der Waals surface area contributed by atoms with Gasteiger partial charge in [-0.2, -0.15) is 0 Å². The van der Waals surface area contributed by atoms with E-state index in [4.69, 9.17) is 4.74 Å². The third-order valence-corrected chi connectivity index (χ3v) is 2.41. The van der Waals surface area contributed by atoms with Crippen LogP contribution in [0.25, 0.3) is 0 Å². The smallest absolute Gasteiger partial charge is 0.416 e. The predicted molar refractivity (Wildman–Crippen MR) is 51.7 cm³/mol. The topological polar surface area (TPSA) is 46.6 Å². The lowest BCUT2D eigenvalue weighted by molar-refractivity contribution is -0.132. The number of rotatable bonds is 2. The molecular formula is C10H17NO3. The van der Waals surface area contributed by atoms with E-state index in [1.165, 1.54) is 4.90 Å². The van der Waals surface area contributed by atoms with Gasteiger partial charge >= 0.3 is 6.09 Å². The Balaban J connectivity index is 2.82. The predicted octanol–water partition coefficient (Wildman–Crippen LogP) is 1.65. The summed E-state index contributed by atoms with van der Waals surface area (Å²) in [5.74, 6) is -0.0720. The highest BCUT2D eigenvalue weighted by molar-refractivity contribution is 5.94. The normalized spacial score (nSPS) is 23.9. The molecule has 0 radical (unpaired) electrons. The Labute approximate surface area is 84.2 Å². The molecule has 0 unspecified atom stereocenters. The third-order valence-electron chi connectivity index (χ3n) is 2.41. The molecule has 1 rings (SSSR count). The van der Waals surface area contributed by atoms with Crippen molar-refractivity contribution < 1.29 is 14.3 Å². The van der Waals surface area contributed by atoms with Crippen LogP contribution in [0.3, 0.4) is 0 Å². The van der Waals surface area contributed by atoms with Gasteiger partial charge in [0.25, 0.3) is 0 Å². The van der Waals surface area contributed by atoms with Crippen LogP contribution in [0.4, 0.5) is 4.79 Å². The van der Waals surface area contributed by atoms with Crippen molar-refractivity contribution in [2.24, 2.45) is 11.8 Å². The van der Waals surface area contributed by atoms with E-state index in [2.05, 4.69) is 0 Å². The van der Waals surface area contributed by atoms with E-state index in [-0.39, 0.29) is 23.8 Å². The fourth-order valence-electron chi connectivity index (χ4n) is 1.46. The molecule has 80 valence electrons. The minimum atomic E-state index is -0.498. The average Bonchev–Trinajstić information content (AvgIpc) is 2.45. The molecule has 4 nitrogen and oxygen atoms in total. The minimum Gasteiger partial charge on any atom is -0.447 e. The zero-order valence-electron chi connectivity index (χ0n) is 9.11. The molecule has 2 atom stereocenters. The molecule has 0 aromatic rings. The fraction of sp³-hybridized carbons (Fsp3) is 0.800. The number of hydrogen-bond acceptors (Lipinski definition) is 3. The van der Waals surface area contributed by atoms with E-state index in [1.807, 2.05) is 13.8 Å². The second-order valence-electron chi connectivity index (χ2n) is 4.25. The first-order valence-corrected chi connectivity index (χ1v) is 4.95. The summed E-state index contributed by atoms with van der Waals surface area (Å²) in [6.45, 7) is 7.85. The van der Waals surface area contributed by atoms with Crippen molar-refractivity contribution in [2.45, 2.75) is 33.7 Å². The monoisotopic (exact) mass is 200 g/mol. The van der Waals surface area contributed by atoms with E-state index in [0.29, 0.717) is 6.61 Å². The Morgan fingerprint density at radius 2 is 2.00 bits per heavy atom. The summed E-state index contributed by atoms with van der Waals surface area (Å²) >= 11 is 0. The van der Waals surface area contributed by atoms with Gasteiger partial charge in [-0.25, -0.2) is 9.69 Å². The van der Waals surface area contributed by atoms with E-state index < -0.39 is 6.09 Å². The lowest BCUT2D eigenvalue weighted by Crippen LogP contribution is -2.43. The van der Waals surface area contributed by atoms with Crippen molar-refractivity contribution in [3.8, 4) is 0 Å². The number of carbonyl (C=O) groups excluding carboxylic acids is 2. The molecular weight excluding hydrogens is 183 g/mol. The molecule has 1 aliphatic rings. The quantitative estimate of drug-likeness (QED) is 0.637. The molecule has 1 heterocycles. The first-order valence-electron chi connectivity index (χ1n) is 4.95. The Morgan fingerprint density at radius 1 is 1.43 bits per heavy atom. The van der Waals surface area contributed by atoms with Crippen LogP contribution in [0.5, 0.6) is 0 Å². The van der Waals surface area contributed by atoms with Crippen molar-refractivity contribution in [2.75, 3.05) is 6.61 Å². The summed E-state index contributed by atoms with van der Waals surface area (Å²) in [5.41, 5.74) is 0. The van der Waals surface area contributed by atoms with Gasteiger partial charge in [0, 0.05) is 5.92 Å². The van der Waals surface area contributed by atoms with Gasteiger partial charge in [0.15, 0.2) is 0 Å². The molecule has 0 aliphatic carbocycles. The Hall–Kier alpha value is -1.06. The summed E-state index contributed by atoms with van der Waals surface area (Å²) in [5, 5.41) is 0. The van der Waals surface area contributed by atoms with Crippen molar-refractivity contribution in [1.29, 1.82) is 0 Å². The largest absolute Gasteiger partial charge is 0.447 e. The van der Waals surface area contributed by atoms with Gasteiger partial charge in [0.1, 0.15) is 6.61 Å². The zero-order valence-corrected chi connectivity index (χ0v) is 9.11. The third kappa shape index (κ3) is 1.89. The second-order valence-corrected chi connectivity index (χ2v) is 4.25. The van der Waals surface area contributed by atoms with E-state index in [0.717, 1.165) is 0 Å². The maximum Gasteiger partial charge on any atom is 0.416 e. The molecule has 0 aromatic heterocycles. The van der Waals surface area contributed by atoms with Crippen LogP contribution in [-0.2, 0) is 9.53 Å². The highest BCUT2D eigenvalue weighted by atomic mass is 16.6. The Kier molecular flexibility index (Phi) is 3.13.